The minimum Gasteiger partial charge on any atom is -0.382 e. The second-order valence-electron chi connectivity index (χ2n) is 6.89. The summed E-state index contributed by atoms with van der Waals surface area (Å²) in [4.78, 5) is 28.4. The van der Waals surface area contributed by atoms with E-state index in [0.29, 0.717) is 32.8 Å². The van der Waals surface area contributed by atoms with Gasteiger partial charge in [-0.2, -0.15) is 0 Å². The quantitative estimate of drug-likeness (QED) is 0.440. The number of nitrogens with zero attached hydrogens (tertiary/aromatic N) is 2. The molecule has 0 radical (unpaired) electrons. The van der Waals surface area contributed by atoms with E-state index in [2.05, 4.69) is 0 Å². The third-order valence-electron chi connectivity index (χ3n) is 4.84. The third-order valence-corrected chi connectivity index (χ3v) is 4.84. The van der Waals surface area contributed by atoms with Crippen LogP contribution in [0.3, 0.4) is 0 Å². The summed E-state index contributed by atoms with van der Waals surface area (Å²) in [5, 5.41) is 10.8. The third kappa shape index (κ3) is 7.03. The summed E-state index contributed by atoms with van der Waals surface area (Å²) in [6, 6.07) is 8.90. The van der Waals surface area contributed by atoms with Crippen LogP contribution in [0.4, 0.5) is 4.79 Å². The van der Waals surface area contributed by atoms with Crippen molar-refractivity contribution in [2.45, 2.75) is 12.6 Å². The van der Waals surface area contributed by atoms with Gasteiger partial charge in [0.2, 0.25) is 5.91 Å². The fourth-order valence-electron chi connectivity index (χ4n) is 3.21. The number of hydrogen-bond acceptors (Lipinski definition) is 7. The number of hydrogen-bond donors (Lipinski definition) is 1. The SMILES string of the molecule is COCCOCCN1C(=O)C(Cc2ccccc2)C(O)N(CCOCCOC)C1=O. The Bertz CT molecular complexity index is 644. The number of carbonyl (C=O) groups excluding carboxylic acids is 2. The molecule has 9 heteroatoms. The summed E-state index contributed by atoms with van der Waals surface area (Å²) in [6.45, 7) is 2.35. The normalized spacial score (nSPS) is 19.6. The van der Waals surface area contributed by atoms with Crippen LogP contribution < -0.4 is 0 Å². The Morgan fingerprint density at radius 1 is 0.867 bits per heavy atom. The number of carbonyl (C=O) groups is 2. The number of aliphatic hydroxyl groups is 1. The molecule has 1 aromatic carbocycles. The zero-order valence-electron chi connectivity index (χ0n) is 17.7. The Morgan fingerprint density at radius 3 is 2.07 bits per heavy atom. The molecular formula is C21H32N2O7. The lowest BCUT2D eigenvalue weighted by Gasteiger charge is -2.42. The summed E-state index contributed by atoms with van der Waals surface area (Å²) < 4.78 is 20.7. The number of imide groups is 1. The number of methoxy groups -OCH3 is 2. The number of ether oxygens (including phenoxy) is 4. The molecule has 30 heavy (non-hydrogen) atoms. The summed E-state index contributed by atoms with van der Waals surface area (Å²) in [6.07, 6.45) is -0.891. The van der Waals surface area contributed by atoms with E-state index in [1.54, 1.807) is 14.2 Å². The molecule has 1 aliphatic rings. The van der Waals surface area contributed by atoms with E-state index in [1.807, 2.05) is 30.3 Å². The van der Waals surface area contributed by atoms with Gasteiger partial charge in [-0.05, 0) is 12.0 Å². The van der Waals surface area contributed by atoms with Crippen LogP contribution in [-0.2, 0) is 30.2 Å². The van der Waals surface area contributed by atoms with Crippen LogP contribution in [0.1, 0.15) is 5.56 Å². The minimum absolute atomic E-state index is 0.112. The highest BCUT2D eigenvalue weighted by Crippen LogP contribution is 2.25. The Kier molecular flexibility index (Phi) is 10.7. The zero-order chi connectivity index (χ0) is 21.8. The van der Waals surface area contributed by atoms with Crippen LogP contribution in [0.15, 0.2) is 30.3 Å². The van der Waals surface area contributed by atoms with Gasteiger partial charge in [0.05, 0.1) is 52.1 Å². The Hall–Kier alpha value is -2.04. The Balaban J connectivity index is 2.06. The number of rotatable bonds is 14. The average Bonchev–Trinajstić information content (AvgIpc) is 2.76. The highest BCUT2D eigenvalue weighted by atomic mass is 16.5. The highest BCUT2D eigenvalue weighted by molar-refractivity contribution is 5.98. The van der Waals surface area contributed by atoms with E-state index in [9.17, 15) is 14.7 Å². The van der Waals surface area contributed by atoms with Crippen molar-refractivity contribution in [3.05, 3.63) is 35.9 Å². The molecule has 0 aromatic heterocycles. The second kappa shape index (κ2) is 13.3. The van der Waals surface area contributed by atoms with Crippen molar-refractivity contribution in [2.24, 2.45) is 5.92 Å². The predicted octanol–water partition coefficient (Wildman–Crippen LogP) is 0.754. The van der Waals surface area contributed by atoms with Crippen molar-refractivity contribution in [1.29, 1.82) is 0 Å². The summed E-state index contributed by atoms with van der Waals surface area (Å²) in [7, 11) is 3.15. The summed E-state index contributed by atoms with van der Waals surface area (Å²) in [5.74, 6) is -1.16. The van der Waals surface area contributed by atoms with Crippen molar-refractivity contribution >= 4 is 11.9 Å². The molecule has 2 unspecified atom stereocenters. The maximum absolute atomic E-state index is 13.0. The Labute approximate surface area is 177 Å². The van der Waals surface area contributed by atoms with Crippen LogP contribution in [0, 0.1) is 5.92 Å². The van der Waals surface area contributed by atoms with Crippen molar-refractivity contribution in [3.63, 3.8) is 0 Å². The smallest absolute Gasteiger partial charge is 0.328 e. The monoisotopic (exact) mass is 424 g/mol. The first-order valence-electron chi connectivity index (χ1n) is 10.1. The number of urea groups is 1. The summed E-state index contributed by atoms with van der Waals surface area (Å²) >= 11 is 0. The molecule has 3 amide bonds. The standard InChI is InChI=1S/C21H32N2O7/c1-27-12-14-29-10-8-22-19(24)18(16-17-6-4-3-5-7-17)20(25)23(21(22)26)9-11-30-15-13-28-2/h3-7,18-19,24H,8-16H2,1-2H3. The lowest BCUT2D eigenvalue weighted by atomic mass is 9.93. The highest BCUT2D eigenvalue weighted by Gasteiger charge is 2.45. The zero-order valence-corrected chi connectivity index (χ0v) is 17.7. The number of aliphatic hydroxyl groups excluding tert-OH is 1. The van der Waals surface area contributed by atoms with Gasteiger partial charge in [-0.1, -0.05) is 30.3 Å². The minimum atomic E-state index is -1.22. The molecule has 1 fully saturated rings. The number of benzene rings is 1. The maximum atomic E-state index is 13.0. The van der Waals surface area contributed by atoms with Crippen molar-refractivity contribution in [1.82, 2.24) is 9.80 Å². The van der Waals surface area contributed by atoms with E-state index in [-0.39, 0.29) is 26.3 Å². The fraction of sp³-hybridized carbons (Fsp3) is 0.619. The van der Waals surface area contributed by atoms with Crippen LogP contribution >= 0.6 is 0 Å². The first-order chi connectivity index (χ1) is 14.6. The topological polar surface area (TPSA) is 97.8 Å². The average molecular weight is 424 g/mol. The van der Waals surface area contributed by atoms with Crippen LogP contribution in [0.25, 0.3) is 0 Å². The molecule has 2 rings (SSSR count). The van der Waals surface area contributed by atoms with Crippen molar-refractivity contribution in [3.8, 4) is 0 Å². The first-order valence-corrected chi connectivity index (χ1v) is 10.1. The largest absolute Gasteiger partial charge is 0.382 e. The van der Waals surface area contributed by atoms with Gasteiger partial charge in [0.15, 0.2) is 0 Å². The van der Waals surface area contributed by atoms with E-state index in [1.165, 1.54) is 4.90 Å². The van der Waals surface area contributed by atoms with Gasteiger partial charge < -0.3 is 24.1 Å². The van der Waals surface area contributed by atoms with Gasteiger partial charge in [-0.15, -0.1) is 0 Å². The van der Waals surface area contributed by atoms with Crippen LogP contribution in [0.5, 0.6) is 0 Å². The molecule has 1 aromatic rings. The predicted molar refractivity (Wildman–Crippen MR) is 109 cm³/mol. The van der Waals surface area contributed by atoms with Crippen molar-refractivity contribution < 1.29 is 33.6 Å². The molecule has 1 saturated heterocycles. The second-order valence-corrected chi connectivity index (χ2v) is 6.89. The summed E-state index contributed by atoms with van der Waals surface area (Å²) in [5.41, 5.74) is 0.914. The molecule has 1 N–H and O–H groups in total. The molecular weight excluding hydrogens is 392 g/mol. The van der Waals surface area contributed by atoms with Gasteiger partial charge in [0.1, 0.15) is 6.23 Å². The Morgan fingerprint density at radius 2 is 1.47 bits per heavy atom. The molecule has 168 valence electrons. The van der Waals surface area contributed by atoms with Gasteiger partial charge in [0.25, 0.3) is 0 Å². The fourth-order valence-corrected chi connectivity index (χ4v) is 3.21. The molecule has 2 atom stereocenters. The van der Waals surface area contributed by atoms with Gasteiger partial charge >= 0.3 is 6.03 Å². The van der Waals surface area contributed by atoms with Crippen LogP contribution in [-0.4, -0.2) is 100 Å². The molecule has 1 heterocycles. The van der Waals surface area contributed by atoms with Gasteiger partial charge in [0, 0.05) is 20.8 Å². The van der Waals surface area contributed by atoms with Gasteiger partial charge in [-0.3, -0.25) is 14.6 Å². The maximum Gasteiger partial charge on any atom is 0.328 e. The van der Waals surface area contributed by atoms with E-state index < -0.39 is 24.1 Å². The lowest BCUT2D eigenvalue weighted by molar-refractivity contribution is -0.150. The molecule has 0 aliphatic carbocycles. The molecule has 0 spiro atoms. The van der Waals surface area contributed by atoms with E-state index in [4.69, 9.17) is 18.9 Å². The molecule has 9 nitrogen and oxygen atoms in total. The first kappa shape index (κ1) is 24.2. The molecule has 0 bridgehead atoms. The molecule has 0 saturated carbocycles. The van der Waals surface area contributed by atoms with Crippen molar-refractivity contribution in [2.75, 3.05) is 67.0 Å². The van der Waals surface area contributed by atoms with Crippen LogP contribution in [0.2, 0.25) is 0 Å². The lowest BCUT2D eigenvalue weighted by Crippen LogP contribution is -2.63. The van der Waals surface area contributed by atoms with E-state index in [0.717, 1.165) is 10.5 Å². The van der Waals surface area contributed by atoms with E-state index >= 15 is 0 Å². The number of amides is 3. The molecule has 1 aliphatic heterocycles. The van der Waals surface area contributed by atoms with Gasteiger partial charge in [-0.25, -0.2) is 4.79 Å².